The molecule has 0 atom stereocenters. The van der Waals surface area contributed by atoms with E-state index in [-0.39, 0.29) is 12.2 Å². The van der Waals surface area contributed by atoms with Crippen LogP contribution in [0.2, 0.25) is 0 Å². The van der Waals surface area contributed by atoms with Gasteiger partial charge in [-0.25, -0.2) is 4.79 Å². The van der Waals surface area contributed by atoms with Crippen molar-refractivity contribution in [2.75, 3.05) is 13.1 Å². The number of ether oxygens (including phenoxy) is 2. The van der Waals surface area contributed by atoms with Crippen molar-refractivity contribution in [3.63, 3.8) is 0 Å². The van der Waals surface area contributed by atoms with E-state index >= 15 is 0 Å². The molecule has 0 radical (unpaired) electrons. The van der Waals surface area contributed by atoms with Gasteiger partial charge in [0.25, 0.3) is 0 Å². The molecule has 2 aromatic rings. The molecule has 1 saturated heterocycles. The van der Waals surface area contributed by atoms with E-state index in [1.54, 1.807) is 17.3 Å². The Hall–Kier alpha value is -2.50. The Labute approximate surface area is 147 Å². The second-order valence-corrected chi connectivity index (χ2v) is 7.40. The lowest BCUT2D eigenvalue weighted by Crippen LogP contribution is -2.44. The highest BCUT2D eigenvalue weighted by atomic mass is 16.6. The van der Waals surface area contributed by atoms with Gasteiger partial charge in [0, 0.05) is 36.7 Å². The molecule has 0 aliphatic carbocycles. The first-order valence-corrected chi connectivity index (χ1v) is 8.59. The maximum Gasteiger partial charge on any atom is 0.410 e. The van der Waals surface area contributed by atoms with Gasteiger partial charge in [-0.3, -0.25) is 5.21 Å². The fourth-order valence-electron chi connectivity index (χ4n) is 2.91. The van der Waals surface area contributed by atoms with Gasteiger partial charge in [0.05, 0.1) is 5.39 Å². The van der Waals surface area contributed by atoms with E-state index < -0.39 is 5.60 Å². The molecule has 1 N–H and O–H groups in total. The summed E-state index contributed by atoms with van der Waals surface area (Å²) in [6, 6.07) is 7.64. The smallest absolute Gasteiger partial charge is 0.410 e. The van der Waals surface area contributed by atoms with Crippen molar-refractivity contribution < 1.29 is 24.2 Å². The highest BCUT2D eigenvalue weighted by Crippen LogP contribution is 2.24. The molecule has 3 rings (SSSR count). The minimum Gasteiger partial charge on any atom is -0.490 e. The van der Waals surface area contributed by atoms with E-state index in [9.17, 15) is 10.0 Å². The van der Waals surface area contributed by atoms with Crippen molar-refractivity contribution >= 4 is 16.9 Å². The third-order valence-corrected chi connectivity index (χ3v) is 4.13. The molecule has 0 unspecified atom stereocenters. The zero-order valence-corrected chi connectivity index (χ0v) is 14.9. The van der Waals surface area contributed by atoms with Crippen LogP contribution in [-0.4, -0.2) is 41.0 Å². The average molecular weight is 345 g/mol. The number of pyridine rings is 1. The topological polar surface area (TPSA) is 62.9 Å². The lowest BCUT2D eigenvalue weighted by atomic mass is 10.1. The van der Waals surface area contributed by atoms with Crippen molar-refractivity contribution in [1.82, 2.24) is 4.90 Å². The molecule has 25 heavy (non-hydrogen) atoms. The minimum atomic E-state index is -0.470. The number of carbonyl (C=O) groups excluding carboxylic acids is 1. The summed E-state index contributed by atoms with van der Waals surface area (Å²) in [5, 5.41) is 11.4. The van der Waals surface area contributed by atoms with Gasteiger partial charge in [0.15, 0.2) is 0 Å². The molecule has 1 aliphatic rings. The van der Waals surface area contributed by atoms with Gasteiger partial charge in [0.1, 0.15) is 17.5 Å². The summed E-state index contributed by atoms with van der Waals surface area (Å²) in [6.07, 6.45) is 4.63. The van der Waals surface area contributed by atoms with Crippen LogP contribution in [0.4, 0.5) is 4.79 Å². The number of aromatic nitrogens is 1. The standard InChI is InChI=1S/C19H25N2O4/c1-19(2,3)25-18(22)20-9-7-16(8-10-20)24-17-5-4-15-13-21(23)11-6-14(15)12-17/h4-6,11-13,16,23H,7-10H2,1-3H3/q+1. The third-order valence-electron chi connectivity index (χ3n) is 4.13. The Morgan fingerprint density at radius 3 is 2.60 bits per heavy atom. The highest BCUT2D eigenvalue weighted by molar-refractivity contribution is 5.82. The SMILES string of the molecule is CC(C)(C)OC(=O)N1CCC(Oc2ccc3c[n+](O)ccc3c2)CC1. The molecule has 1 aromatic carbocycles. The molecular weight excluding hydrogens is 320 g/mol. The van der Waals surface area contributed by atoms with Gasteiger partial charge >= 0.3 is 6.09 Å². The van der Waals surface area contributed by atoms with E-state index in [0.29, 0.717) is 13.1 Å². The van der Waals surface area contributed by atoms with Gasteiger partial charge in [0.2, 0.25) is 12.4 Å². The van der Waals surface area contributed by atoms with E-state index in [2.05, 4.69) is 0 Å². The number of hydrogen-bond donors (Lipinski definition) is 1. The monoisotopic (exact) mass is 345 g/mol. The van der Waals surface area contributed by atoms with Crippen LogP contribution in [0.15, 0.2) is 36.7 Å². The lowest BCUT2D eigenvalue weighted by Gasteiger charge is -2.33. The van der Waals surface area contributed by atoms with E-state index in [1.807, 2.05) is 45.0 Å². The van der Waals surface area contributed by atoms with Gasteiger partial charge < -0.3 is 14.4 Å². The zero-order chi connectivity index (χ0) is 18.0. The number of benzene rings is 1. The van der Waals surface area contributed by atoms with Crippen molar-refractivity contribution in [2.24, 2.45) is 0 Å². The number of carbonyl (C=O) groups is 1. The van der Waals surface area contributed by atoms with Crippen LogP contribution in [0.1, 0.15) is 33.6 Å². The van der Waals surface area contributed by atoms with Crippen LogP contribution in [0.5, 0.6) is 5.75 Å². The van der Waals surface area contributed by atoms with Gasteiger partial charge in [-0.2, -0.15) is 0 Å². The quantitative estimate of drug-likeness (QED) is 0.671. The Bertz CT molecular complexity index is 762. The van der Waals surface area contributed by atoms with Crippen LogP contribution in [0.25, 0.3) is 10.8 Å². The Morgan fingerprint density at radius 2 is 1.92 bits per heavy atom. The van der Waals surface area contributed by atoms with Crippen LogP contribution >= 0.6 is 0 Å². The maximum absolute atomic E-state index is 12.1. The number of nitrogens with zero attached hydrogens (tertiary/aromatic N) is 2. The maximum atomic E-state index is 12.1. The number of likely N-dealkylation sites (tertiary alicyclic amines) is 1. The first kappa shape index (κ1) is 17.3. The van der Waals surface area contributed by atoms with Crippen LogP contribution in [0, 0.1) is 0 Å². The number of piperidine rings is 1. The zero-order valence-electron chi connectivity index (χ0n) is 14.9. The van der Waals surface area contributed by atoms with E-state index in [4.69, 9.17) is 9.47 Å². The molecule has 1 amide bonds. The van der Waals surface area contributed by atoms with E-state index in [1.165, 1.54) is 0 Å². The molecular formula is C19H25N2O4+. The molecule has 6 nitrogen and oxygen atoms in total. The van der Waals surface area contributed by atoms with Gasteiger partial charge in [-0.15, -0.1) is 0 Å². The third kappa shape index (κ3) is 4.53. The van der Waals surface area contributed by atoms with Gasteiger partial charge in [-0.05, 0) is 44.4 Å². The molecule has 6 heteroatoms. The molecule has 0 bridgehead atoms. The predicted molar refractivity (Wildman–Crippen MR) is 92.8 cm³/mol. The fourth-order valence-corrected chi connectivity index (χ4v) is 2.91. The van der Waals surface area contributed by atoms with Crippen LogP contribution < -0.4 is 9.47 Å². The highest BCUT2D eigenvalue weighted by Gasteiger charge is 2.27. The Kier molecular flexibility index (Phi) is 4.70. The van der Waals surface area contributed by atoms with Crippen molar-refractivity contribution in [3.8, 4) is 5.75 Å². The Morgan fingerprint density at radius 1 is 1.20 bits per heavy atom. The first-order valence-electron chi connectivity index (χ1n) is 8.59. The number of fused-ring (bicyclic) bond motifs is 1. The first-order chi connectivity index (χ1) is 11.8. The summed E-state index contributed by atoms with van der Waals surface area (Å²) in [4.78, 5) is 13.8. The largest absolute Gasteiger partial charge is 0.490 e. The number of rotatable bonds is 2. The molecule has 2 heterocycles. The predicted octanol–water partition coefficient (Wildman–Crippen LogP) is 3.14. The summed E-state index contributed by atoms with van der Waals surface area (Å²) < 4.78 is 12.5. The van der Waals surface area contributed by atoms with Crippen molar-refractivity contribution in [3.05, 3.63) is 36.7 Å². The van der Waals surface area contributed by atoms with Gasteiger partial charge in [-0.1, -0.05) is 0 Å². The second kappa shape index (κ2) is 6.78. The second-order valence-electron chi connectivity index (χ2n) is 7.40. The average Bonchev–Trinajstić information content (AvgIpc) is 2.54. The summed E-state index contributed by atoms with van der Waals surface area (Å²) in [7, 11) is 0. The molecule has 0 spiro atoms. The molecule has 1 fully saturated rings. The van der Waals surface area contributed by atoms with Crippen LogP contribution in [-0.2, 0) is 4.74 Å². The fraction of sp³-hybridized carbons (Fsp3) is 0.474. The summed E-state index contributed by atoms with van der Waals surface area (Å²) in [6.45, 7) is 6.89. The molecule has 134 valence electrons. The van der Waals surface area contributed by atoms with Crippen LogP contribution in [0.3, 0.4) is 0 Å². The molecule has 1 aliphatic heterocycles. The van der Waals surface area contributed by atoms with Crippen molar-refractivity contribution in [2.45, 2.75) is 45.3 Å². The summed E-state index contributed by atoms with van der Waals surface area (Å²) >= 11 is 0. The normalized spacial score (nSPS) is 16.0. The summed E-state index contributed by atoms with van der Waals surface area (Å²) in [5.74, 6) is 0.805. The Balaban J connectivity index is 1.57. The minimum absolute atomic E-state index is 0.0858. The van der Waals surface area contributed by atoms with E-state index in [0.717, 1.165) is 34.1 Å². The van der Waals surface area contributed by atoms with Crippen molar-refractivity contribution in [1.29, 1.82) is 0 Å². The molecule has 1 aromatic heterocycles. The molecule has 0 saturated carbocycles. The lowest BCUT2D eigenvalue weighted by molar-refractivity contribution is -0.903. The number of hydrogen-bond acceptors (Lipinski definition) is 4. The summed E-state index contributed by atoms with van der Waals surface area (Å²) in [5.41, 5.74) is -0.470. The number of amides is 1.